The van der Waals surface area contributed by atoms with Gasteiger partial charge in [-0.05, 0) is 17.2 Å². The Bertz CT molecular complexity index is 655. The van der Waals surface area contributed by atoms with Gasteiger partial charge in [-0.3, -0.25) is 4.79 Å². The SMILES string of the molecule is COc1ccc(C(=O)NCC2Cc3ccccc3CO2)cn1. The Morgan fingerprint density at radius 2 is 2.14 bits per heavy atom. The largest absolute Gasteiger partial charge is 0.481 e. The molecule has 0 fully saturated rings. The van der Waals surface area contributed by atoms with Crippen LogP contribution in [0.5, 0.6) is 5.88 Å². The third kappa shape index (κ3) is 3.26. The van der Waals surface area contributed by atoms with Gasteiger partial charge in [0.2, 0.25) is 5.88 Å². The molecule has 0 bridgehead atoms. The fraction of sp³-hybridized carbons (Fsp3) is 0.294. The number of methoxy groups -OCH3 is 1. The van der Waals surface area contributed by atoms with Gasteiger partial charge in [0.15, 0.2) is 0 Å². The fourth-order valence-corrected chi connectivity index (χ4v) is 2.48. The van der Waals surface area contributed by atoms with E-state index in [9.17, 15) is 4.79 Å². The van der Waals surface area contributed by atoms with E-state index in [1.165, 1.54) is 17.3 Å². The molecule has 5 heteroatoms. The molecule has 1 unspecified atom stereocenters. The predicted octanol–water partition coefficient (Wildman–Crippen LogP) is 1.96. The lowest BCUT2D eigenvalue weighted by molar-refractivity contribution is 0.0285. The summed E-state index contributed by atoms with van der Waals surface area (Å²) in [7, 11) is 1.54. The summed E-state index contributed by atoms with van der Waals surface area (Å²) < 4.78 is 10.8. The Morgan fingerprint density at radius 3 is 2.86 bits per heavy atom. The molecule has 1 aliphatic heterocycles. The van der Waals surface area contributed by atoms with Gasteiger partial charge < -0.3 is 14.8 Å². The average molecular weight is 298 g/mol. The maximum atomic E-state index is 12.1. The van der Waals surface area contributed by atoms with Crippen LogP contribution in [0.2, 0.25) is 0 Å². The van der Waals surface area contributed by atoms with Crippen molar-refractivity contribution >= 4 is 5.91 Å². The molecule has 2 aromatic rings. The summed E-state index contributed by atoms with van der Waals surface area (Å²) in [5.74, 6) is 0.335. The number of aromatic nitrogens is 1. The van der Waals surface area contributed by atoms with Crippen LogP contribution in [0, 0.1) is 0 Å². The molecule has 3 rings (SSSR count). The third-order valence-corrected chi connectivity index (χ3v) is 3.74. The molecule has 0 aliphatic carbocycles. The maximum Gasteiger partial charge on any atom is 0.252 e. The first-order valence-corrected chi connectivity index (χ1v) is 7.23. The molecule has 0 saturated heterocycles. The predicted molar refractivity (Wildman–Crippen MR) is 81.8 cm³/mol. The molecular formula is C17H18N2O3. The number of carbonyl (C=O) groups is 1. The molecule has 0 saturated carbocycles. The molecule has 1 amide bonds. The Balaban J connectivity index is 1.55. The smallest absolute Gasteiger partial charge is 0.252 e. The zero-order valence-electron chi connectivity index (χ0n) is 12.4. The minimum atomic E-state index is -0.155. The van der Waals surface area contributed by atoms with E-state index in [0.29, 0.717) is 24.6 Å². The summed E-state index contributed by atoms with van der Waals surface area (Å²) in [4.78, 5) is 16.1. The Morgan fingerprint density at radius 1 is 1.32 bits per heavy atom. The standard InChI is InChI=1S/C17H18N2O3/c1-21-16-7-6-13(9-18-16)17(20)19-10-15-8-12-4-2-3-5-14(12)11-22-15/h2-7,9,15H,8,10-11H2,1H3,(H,19,20). The topological polar surface area (TPSA) is 60.5 Å². The van der Waals surface area contributed by atoms with Crippen LogP contribution in [0.25, 0.3) is 0 Å². The monoisotopic (exact) mass is 298 g/mol. The lowest BCUT2D eigenvalue weighted by atomic mass is 9.99. The highest BCUT2D eigenvalue weighted by atomic mass is 16.5. The number of hydrogen-bond donors (Lipinski definition) is 1. The van der Waals surface area contributed by atoms with Gasteiger partial charge in [-0.1, -0.05) is 24.3 Å². The lowest BCUT2D eigenvalue weighted by Gasteiger charge is -2.25. The number of amides is 1. The lowest BCUT2D eigenvalue weighted by Crippen LogP contribution is -2.36. The Hall–Kier alpha value is -2.40. The molecule has 2 heterocycles. The van der Waals surface area contributed by atoms with Crippen LogP contribution in [0.1, 0.15) is 21.5 Å². The van der Waals surface area contributed by atoms with Crippen LogP contribution < -0.4 is 10.1 Å². The molecule has 1 N–H and O–H groups in total. The number of benzene rings is 1. The van der Waals surface area contributed by atoms with Crippen molar-refractivity contribution < 1.29 is 14.3 Å². The third-order valence-electron chi connectivity index (χ3n) is 3.74. The number of ether oxygens (including phenoxy) is 2. The van der Waals surface area contributed by atoms with Crippen LogP contribution in [-0.4, -0.2) is 30.6 Å². The summed E-state index contributed by atoms with van der Waals surface area (Å²) in [5.41, 5.74) is 3.03. The van der Waals surface area contributed by atoms with Crippen molar-refractivity contribution in [3.8, 4) is 5.88 Å². The number of carbonyl (C=O) groups excluding carboxylic acids is 1. The van der Waals surface area contributed by atoms with Crippen molar-refractivity contribution in [3.63, 3.8) is 0 Å². The van der Waals surface area contributed by atoms with E-state index in [4.69, 9.17) is 9.47 Å². The molecule has 1 atom stereocenters. The van der Waals surface area contributed by atoms with Crippen LogP contribution in [0.15, 0.2) is 42.6 Å². The zero-order valence-corrected chi connectivity index (χ0v) is 12.4. The van der Waals surface area contributed by atoms with Crippen LogP contribution >= 0.6 is 0 Å². The molecule has 5 nitrogen and oxygen atoms in total. The minimum absolute atomic E-state index is 0.00468. The zero-order chi connectivity index (χ0) is 15.4. The second-order valence-corrected chi connectivity index (χ2v) is 5.21. The van der Waals surface area contributed by atoms with E-state index in [0.717, 1.165) is 6.42 Å². The summed E-state index contributed by atoms with van der Waals surface area (Å²) in [6.07, 6.45) is 2.33. The van der Waals surface area contributed by atoms with Crippen molar-refractivity contribution in [1.82, 2.24) is 10.3 Å². The van der Waals surface area contributed by atoms with Crippen molar-refractivity contribution in [2.75, 3.05) is 13.7 Å². The number of nitrogens with zero attached hydrogens (tertiary/aromatic N) is 1. The molecule has 1 aromatic carbocycles. The van der Waals surface area contributed by atoms with E-state index in [1.54, 1.807) is 19.2 Å². The molecule has 114 valence electrons. The number of fused-ring (bicyclic) bond motifs is 1. The molecule has 22 heavy (non-hydrogen) atoms. The first-order valence-electron chi connectivity index (χ1n) is 7.23. The highest BCUT2D eigenvalue weighted by Crippen LogP contribution is 2.19. The van der Waals surface area contributed by atoms with Gasteiger partial charge in [-0.2, -0.15) is 0 Å². The first-order chi connectivity index (χ1) is 10.8. The van der Waals surface area contributed by atoms with Crippen LogP contribution in [0.3, 0.4) is 0 Å². The number of nitrogens with one attached hydrogen (secondary N) is 1. The van der Waals surface area contributed by atoms with E-state index in [1.807, 2.05) is 12.1 Å². The normalized spacial score (nSPS) is 16.7. The number of hydrogen-bond acceptors (Lipinski definition) is 4. The fourth-order valence-electron chi connectivity index (χ4n) is 2.48. The van der Waals surface area contributed by atoms with Gasteiger partial charge in [0, 0.05) is 25.2 Å². The minimum Gasteiger partial charge on any atom is -0.481 e. The number of pyridine rings is 1. The van der Waals surface area contributed by atoms with Crippen LogP contribution in [-0.2, 0) is 17.8 Å². The highest BCUT2D eigenvalue weighted by Gasteiger charge is 2.19. The van der Waals surface area contributed by atoms with E-state index in [-0.39, 0.29) is 12.0 Å². The van der Waals surface area contributed by atoms with Crippen molar-refractivity contribution in [1.29, 1.82) is 0 Å². The van der Waals surface area contributed by atoms with Gasteiger partial charge in [0.1, 0.15) is 0 Å². The second kappa shape index (κ2) is 6.58. The first kappa shape index (κ1) is 14.5. The quantitative estimate of drug-likeness (QED) is 0.937. The molecule has 0 radical (unpaired) electrons. The highest BCUT2D eigenvalue weighted by molar-refractivity contribution is 5.93. The average Bonchev–Trinajstić information content (AvgIpc) is 2.59. The summed E-state index contributed by atoms with van der Waals surface area (Å²) in [6, 6.07) is 11.6. The van der Waals surface area contributed by atoms with Gasteiger partial charge >= 0.3 is 0 Å². The van der Waals surface area contributed by atoms with Gasteiger partial charge in [0.05, 0.1) is 25.4 Å². The van der Waals surface area contributed by atoms with Crippen molar-refractivity contribution in [3.05, 3.63) is 59.3 Å². The van der Waals surface area contributed by atoms with Crippen LogP contribution in [0.4, 0.5) is 0 Å². The van der Waals surface area contributed by atoms with E-state index in [2.05, 4.69) is 22.4 Å². The summed E-state index contributed by atoms with van der Waals surface area (Å²) >= 11 is 0. The van der Waals surface area contributed by atoms with E-state index < -0.39 is 0 Å². The number of rotatable bonds is 4. The maximum absolute atomic E-state index is 12.1. The Kier molecular flexibility index (Phi) is 4.34. The van der Waals surface area contributed by atoms with E-state index >= 15 is 0 Å². The van der Waals surface area contributed by atoms with Crippen molar-refractivity contribution in [2.45, 2.75) is 19.1 Å². The van der Waals surface area contributed by atoms with Crippen molar-refractivity contribution in [2.24, 2.45) is 0 Å². The molecule has 0 spiro atoms. The van der Waals surface area contributed by atoms with Gasteiger partial charge in [0.25, 0.3) is 5.91 Å². The molecular weight excluding hydrogens is 280 g/mol. The molecule has 1 aromatic heterocycles. The summed E-state index contributed by atoms with van der Waals surface area (Å²) in [6.45, 7) is 1.08. The van der Waals surface area contributed by atoms with Gasteiger partial charge in [-0.25, -0.2) is 4.98 Å². The second-order valence-electron chi connectivity index (χ2n) is 5.21. The Labute approximate surface area is 129 Å². The summed E-state index contributed by atoms with van der Waals surface area (Å²) in [5, 5.41) is 2.89. The molecule has 1 aliphatic rings. The van der Waals surface area contributed by atoms with Gasteiger partial charge in [-0.15, -0.1) is 0 Å².